The van der Waals surface area contributed by atoms with Crippen molar-refractivity contribution in [3.05, 3.63) is 66.7 Å². The van der Waals surface area contributed by atoms with Crippen molar-refractivity contribution in [3.63, 3.8) is 0 Å². The van der Waals surface area contributed by atoms with Crippen molar-refractivity contribution >= 4 is 11.6 Å². The molecule has 0 aliphatic carbocycles. The number of amides is 1. The first-order valence-electron chi connectivity index (χ1n) is 9.02. The standard InChI is InChI=1S/C20H20F3N5O2/c1-14(15-3-7-17(8-4-15)28-13-24-12-25-28)27(2)11-19(29)26-16-5-9-18(10-6-16)30-20(21,22)23/h3-10,12-14H,11H2,1-2H3,(H,26,29). The molecule has 7 nitrogen and oxygen atoms in total. The molecule has 10 heteroatoms. The maximum atomic E-state index is 12.3. The fourth-order valence-electron chi connectivity index (χ4n) is 2.81. The lowest BCUT2D eigenvalue weighted by atomic mass is 10.1. The topological polar surface area (TPSA) is 72.3 Å². The number of hydrogen-bond donors (Lipinski definition) is 1. The van der Waals surface area contributed by atoms with Crippen molar-refractivity contribution in [1.82, 2.24) is 19.7 Å². The van der Waals surface area contributed by atoms with Crippen molar-refractivity contribution in [2.24, 2.45) is 0 Å². The largest absolute Gasteiger partial charge is 0.573 e. The Hall–Kier alpha value is -3.40. The van der Waals surface area contributed by atoms with Gasteiger partial charge in [-0.3, -0.25) is 9.69 Å². The summed E-state index contributed by atoms with van der Waals surface area (Å²) >= 11 is 0. The Kier molecular flexibility index (Phi) is 6.36. The van der Waals surface area contributed by atoms with Crippen molar-refractivity contribution < 1.29 is 22.7 Å². The molecule has 0 saturated carbocycles. The Morgan fingerprint density at radius 1 is 1.17 bits per heavy atom. The summed E-state index contributed by atoms with van der Waals surface area (Å²) in [6.45, 7) is 2.08. The zero-order chi connectivity index (χ0) is 21.7. The van der Waals surface area contributed by atoms with E-state index in [0.717, 1.165) is 23.4 Å². The van der Waals surface area contributed by atoms with Crippen LogP contribution in [0.1, 0.15) is 18.5 Å². The number of ether oxygens (including phenoxy) is 1. The lowest BCUT2D eigenvalue weighted by Crippen LogP contribution is -2.32. The quantitative estimate of drug-likeness (QED) is 0.631. The van der Waals surface area contributed by atoms with Crippen molar-refractivity contribution in [2.45, 2.75) is 19.3 Å². The Morgan fingerprint density at radius 2 is 1.83 bits per heavy atom. The number of hydrogen-bond acceptors (Lipinski definition) is 5. The van der Waals surface area contributed by atoms with E-state index in [0.29, 0.717) is 5.69 Å². The van der Waals surface area contributed by atoms with E-state index in [4.69, 9.17) is 0 Å². The van der Waals surface area contributed by atoms with Crippen molar-refractivity contribution in [3.8, 4) is 11.4 Å². The Bertz CT molecular complexity index is 958. The van der Waals surface area contributed by atoms with Crippen molar-refractivity contribution in [1.29, 1.82) is 0 Å². The molecule has 0 aliphatic rings. The average Bonchev–Trinajstić information content (AvgIpc) is 3.22. The monoisotopic (exact) mass is 419 g/mol. The zero-order valence-electron chi connectivity index (χ0n) is 16.3. The van der Waals surface area contributed by atoms with Crippen LogP contribution < -0.4 is 10.1 Å². The number of anilines is 1. The fraction of sp³-hybridized carbons (Fsp3) is 0.250. The van der Waals surface area contributed by atoms with Gasteiger partial charge in [-0.05, 0) is 55.9 Å². The van der Waals surface area contributed by atoms with Crippen LogP contribution >= 0.6 is 0 Å². The summed E-state index contributed by atoms with van der Waals surface area (Å²) in [6, 6.07) is 12.7. The van der Waals surface area contributed by atoms with Gasteiger partial charge in [-0.2, -0.15) is 5.10 Å². The van der Waals surface area contributed by atoms with Gasteiger partial charge in [0.15, 0.2) is 0 Å². The van der Waals surface area contributed by atoms with Gasteiger partial charge in [-0.25, -0.2) is 9.67 Å². The first-order valence-corrected chi connectivity index (χ1v) is 9.02. The molecular formula is C20H20F3N5O2. The van der Waals surface area contributed by atoms with E-state index in [2.05, 4.69) is 20.1 Å². The number of benzene rings is 2. The molecule has 1 atom stereocenters. The zero-order valence-corrected chi connectivity index (χ0v) is 16.3. The molecule has 0 spiro atoms. The third-order valence-electron chi connectivity index (χ3n) is 4.48. The second-order valence-electron chi connectivity index (χ2n) is 6.64. The summed E-state index contributed by atoms with van der Waals surface area (Å²) in [5.74, 6) is -0.631. The van der Waals surface area contributed by atoms with Gasteiger partial charge in [-0.1, -0.05) is 12.1 Å². The molecule has 0 aliphatic heterocycles. The SMILES string of the molecule is CC(c1ccc(-n2cncn2)cc1)N(C)CC(=O)Nc1ccc(OC(F)(F)F)cc1. The van der Waals surface area contributed by atoms with Gasteiger partial charge in [0.25, 0.3) is 0 Å². The Morgan fingerprint density at radius 3 is 2.40 bits per heavy atom. The van der Waals surface area contributed by atoms with Crippen LogP contribution in [-0.4, -0.2) is 45.5 Å². The highest BCUT2D eigenvalue weighted by atomic mass is 19.4. The third kappa shape index (κ3) is 5.80. The van der Waals surface area contributed by atoms with Crippen LogP contribution in [0.25, 0.3) is 5.69 Å². The predicted molar refractivity (Wildman–Crippen MR) is 104 cm³/mol. The summed E-state index contributed by atoms with van der Waals surface area (Å²) < 4.78 is 42.1. The van der Waals surface area contributed by atoms with E-state index in [-0.39, 0.29) is 24.2 Å². The molecule has 1 aromatic heterocycles. The van der Waals surface area contributed by atoms with Gasteiger partial charge in [0, 0.05) is 11.7 Å². The van der Waals surface area contributed by atoms with E-state index in [9.17, 15) is 18.0 Å². The molecule has 1 unspecified atom stereocenters. The van der Waals surface area contributed by atoms with E-state index < -0.39 is 6.36 Å². The van der Waals surface area contributed by atoms with Crippen LogP contribution in [0.3, 0.4) is 0 Å². The molecule has 1 amide bonds. The summed E-state index contributed by atoms with van der Waals surface area (Å²) in [7, 11) is 1.82. The molecule has 0 saturated heterocycles. The van der Waals surface area contributed by atoms with Gasteiger partial charge in [0.1, 0.15) is 18.4 Å². The van der Waals surface area contributed by atoms with Crippen LogP contribution in [0.2, 0.25) is 0 Å². The van der Waals surface area contributed by atoms with Gasteiger partial charge in [0.2, 0.25) is 5.91 Å². The molecular weight excluding hydrogens is 399 g/mol. The average molecular weight is 419 g/mol. The van der Waals surface area contributed by atoms with Crippen LogP contribution in [0.4, 0.5) is 18.9 Å². The molecule has 30 heavy (non-hydrogen) atoms. The summed E-state index contributed by atoms with van der Waals surface area (Å²) in [5.41, 5.74) is 2.28. The minimum atomic E-state index is -4.75. The number of likely N-dealkylation sites (N-methyl/N-ethyl adjacent to an activating group) is 1. The third-order valence-corrected chi connectivity index (χ3v) is 4.48. The van der Waals surface area contributed by atoms with Crippen LogP contribution in [0.5, 0.6) is 5.75 Å². The number of aromatic nitrogens is 3. The van der Waals surface area contributed by atoms with Gasteiger partial charge in [-0.15, -0.1) is 13.2 Å². The molecule has 158 valence electrons. The maximum absolute atomic E-state index is 12.3. The molecule has 2 aromatic carbocycles. The maximum Gasteiger partial charge on any atom is 0.573 e. The molecule has 1 N–H and O–H groups in total. The molecule has 0 radical (unpaired) electrons. The normalized spacial score (nSPS) is 12.6. The number of halogens is 3. The highest BCUT2D eigenvalue weighted by Crippen LogP contribution is 2.24. The first-order chi connectivity index (χ1) is 14.2. The second kappa shape index (κ2) is 8.95. The lowest BCUT2D eigenvalue weighted by Gasteiger charge is -2.24. The van der Waals surface area contributed by atoms with Crippen molar-refractivity contribution in [2.75, 3.05) is 18.9 Å². The van der Waals surface area contributed by atoms with E-state index in [1.807, 2.05) is 43.1 Å². The number of rotatable bonds is 7. The Labute approximate surface area is 171 Å². The minimum absolute atomic E-state index is 0.0388. The van der Waals surface area contributed by atoms with Crippen LogP contribution in [0, 0.1) is 0 Å². The highest BCUT2D eigenvalue weighted by Gasteiger charge is 2.31. The number of carbonyl (C=O) groups is 1. The highest BCUT2D eigenvalue weighted by molar-refractivity contribution is 5.92. The van der Waals surface area contributed by atoms with E-state index >= 15 is 0 Å². The molecule has 0 fully saturated rings. The Balaban J connectivity index is 1.54. The molecule has 1 heterocycles. The molecule has 3 aromatic rings. The smallest absolute Gasteiger partial charge is 0.406 e. The van der Waals surface area contributed by atoms with Crippen LogP contribution in [0.15, 0.2) is 61.2 Å². The fourth-order valence-corrected chi connectivity index (χ4v) is 2.81. The number of nitrogens with zero attached hydrogens (tertiary/aromatic N) is 4. The summed E-state index contributed by atoms with van der Waals surface area (Å²) in [5, 5.41) is 6.74. The van der Waals surface area contributed by atoms with E-state index in [1.54, 1.807) is 11.0 Å². The second-order valence-corrected chi connectivity index (χ2v) is 6.64. The van der Waals surface area contributed by atoms with Gasteiger partial charge in [0.05, 0.1) is 12.2 Å². The summed E-state index contributed by atoms with van der Waals surface area (Å²) in [6.07, 6.45) is -1.69. The lowest BCUT2D eigenvalue weighted by molar-refractivity contribution is -0.274. The van der Waals surface area contributed by atoms with Gasteiger partial charge < -0.3 is 10.1 Å². The number of carbonyl (C=O) groups excluding carboxylic acids is 1. The summed E-state index contributed by atoms with van der Waals surface area (Å²) in [4.78, 5) is 18.1. The minimum Gasteiger partial charge on any atom is -0.406 e. The molecule has 0 bridgehead atoms. The number of nitrogens with one attached hydrogen (secondary N) is 1. The van der Waals surface area contributed by atoms with Gasteiger partial charge >= 0.3 is 6.36 Å². The first kappa shape index (κ1) is 21.3. The van der Waals surface area contributed by atoms with E-state index in [1.165, 1.54) is 18.5 Å². The molecule has 3 rings (SSSR count). The van der Waals surface area contributed by atoms with Crippen LogP contribution in [-0.2, 0) is 4.79 Å². The predicted octanol–water partition coefficient (Wildman–Crippen LogP) is 3.80. The number of alkyl halides is 3.